The van der Waals surface area contributed by atoms with E-state index in [0.717, 1.165) is 19.3 Å². The van der Waals surface area contributed by atoms with Crippen LogP contribution >= 0.6 is 0 Å². The van der Waals surface area contributed by atoms with Crippen LogP contribution in [0.5, 0.6) is 0 Å². The van der Waals surface area contributed by atoms with Gasteiger partial charge in [0.25, 0.3) is 5.97 Å². The molecule has 0 bridgehead atoms. The Hall–Kier alpha value is -0.380. The largest absolute Gasteiger partial charge is 0.331 e. The summed E-state index contributed by atoms with van der Waals surface area (Å²) in [6, 6.07) is 0. The van der Waals surface area contributed by atoms with E-state index in [2.05, 4.69) is 6.58 Å². The summed E-state index contributed by atoms with van der Waals surface area (Å²) in [6.07, 6.45) is 12.7. The van der Waals surface area contributed by atoms with Gasteiger partial charge in [0.1, 0.15) is 0 Å². The Bertz CT molecular complexity index is 180. The summed E-state index contributed by atoms with van der Waals surface area (Å²) in [4.78, 5) is 0. The Morgan fingerprint density at radius 1 is 0.778 bits per heavy atom. The van der Waals surface area contributed by atoms with Crippen LogP contribution in [0.2, 0.25) is 0 Å². The lowest BCUT2D eigenvalue weighted by Crippen LogP contribution is -2.35. The maximum Gasteiger partial charge on any atom is 0.282 e. The second kappa shape index (κ2) is 11.7. The van der Waals surface area contributed by atoms with E-state index in [4.69, 9.17) is 14.2 Å². The Kier molecular flexibility index (Phi) is 11.4. The third-order valence-electron chi connectivity index (χ3n) is 3.32. The van der Waals surface area contributed by atoms with Crippen LogP contribution in [0.25, 0.3) is 0 Å². The minimum absolute atomic E-state index is 0.785. The lowest BCUT2D eigenvalue weighted by molar-refractivity contribution is -0.355. The topological polar surface area (TPSA) is 27.7 Å². The first-order valence-electron chi connectivity index (χ1n) is 7.01. The van der Waals surface area contributed by atoms with Crippen molar-refractivity contribution in [2.45, 2.75) is 63.8 Å². The molecular formula is C15H30O3. The van der Waals surface area contributed by atoms with Crippen molar-refractivity contribution in [3.63, 3.8) is 0 Å². The van der Waals surface area contributed by atoms with Crippen LogP contribution in [0.3, 0.4) is 0 Å². The first-order valence-corrected chi connectivity index (χ1v) is 7.01. The van der Waals surface area contributed by atoms with Gasteiger partial charge in [-0.05, 0) is 19.3 Å². The Morgan fingerprint density at radius 2 is 1.22 bits per heavy atom. The first kappa shape index (κ1) is 17.6. The lowest BCUT2D eigenvalue weighted by atomic mass is 10.1. The van der Waals surface area contributed by atoms with E-state index < -0.39 is 5.97 Å². The molecule has 0 amide bonds. The quantitative estimate of drug-likeness (QED) is 0.280. The third kappa shape index (κ3) is 7.85. The molecule has 0 aromatic heterocycles. The van der Waals surface area contributed by atoms with Gasteiger partial charge in [0.05, 0.1) is 0 Å². The third-order valence-corrected chi connectivity index (χ3v) is 3.32. The summed E-state index contributed by atoms with van der Waals surface area (Å²) in [5.74, 6) is -0.843. The average molecular weight is 258 g/mol. The molecule has 0 saturated carbocycles. The Labute approximate surface area is 112 Å². The zero-order valence-corrected chi connectivity index (χ0v) is 12.4. The molecule has 0 aliphatic heterocycles. The molecule has 0 fully saturated rings. The monoisotopic (exact) mass is 258 g/mol. The first-order chi connectivity index (χ1) is 8.74. The van der Waals surface area contributed by atoms with Gasteiger partial charge in [-0.1, -0.05) is 38.2 Å². The van der Waals surface area contributed by atoms with Crippen LogP contribution in [0, 0.1) is 0 Å². The summed E-state index contributed by atoms with van der Waals surface area (Å²) in [5.41, 5.74) is 0. The second-order valence-corrected chi connectivity index (χ2v) is 4.60. The van der Waals surface area contributed by atoms with Gasteiger partial charge in [0.2, 0.25) is 0 Å². The van der Waals surface area contributed by atoms with Crippen LogP contribution in [-0.2, 0) is 14.2 Å². The van der Waals surface area contributed by atoms with Crippen LogP contribution in [-0.4, -0.2) is 27.3 Å². The van der Waals surface area contributed by atoms with Crippen LogP contribution in [0.4, 0.5) is 0 Å². The molecule has 0 rings (SSSR count). The minimum atomic E-state index is -0.843. The van der Waals surface area contributed by atoms with Crippen molar-refractivity contribution in [1.82, 2.24) is 0 Å². The molecule has 0 N–H and O–H groups in total. The molecule has 0 atom stereocenters. The van der Waals surface area contributed by atoms with E-state index in [1.165, 1.54) is 38.5 Å². The van der Waals surface area contributed by atoms with Gasteiger partial charge in [0.15, 0.2) is 0 Å². The lowest BCUT2D eigenvalue weighted by Gasteiger charge is -2.28. The van der Waals surface area contributed by atoms with E-state index in [9.17, 15) is 0 Å². The maximum absolute atomic E-state index is 5.25. The number of ether oxygens (including phenoxy) is 3. The van der Waals surface area contributed by atoms with E-state index in [1.54, 1.807) is 21.3 Å². The smallest absolute Gasteiger partial charge is 0.282 e. The number of hydrogen-bond donors (Lipinski definition) is 0. The van der Waals surface area contributed by atoms with Crippen molar-refractivity contribution in [2.24, 2.45) is 0 Å². The van der Waals surface area contributed by atoms with Crippen LogP contribution in [0.1, 0.15) is 57.8 Å². The molecule has 0 unspecified atom stereocenters. The van der Waals surface area contributed by atoms with Crippen molar-refractivity contribution in [3.05, 3.63) is 12.7 Å². The summed E-state index contributed by atoms with van der Waals surface area (Å²) < 4.78 is 15.8. The number of methoxy groups -OCH3 is 3. The maximum atomic E-state index is 5.25. The van der Waals surface area contributed by atoms with Gasteiger partial charge in [-0.3, -0.25) is 0 Å². The molecule has 0 aliphatic rings. The van der Waals surface area contributed by atoms with Gasteiger partial charge in [-0.2, -0.15) is 0 Å². The van der Waals surface area contributed by atoms with Crippen molar-refractivity contribution < 1.29 is 14.2 Å². The summed E-state index contributed by atoms with van der Waals surface area (Å²) >= 11 is 0. The van der Waals surface area contributed by atoms with Gasteiger partial charge >= 0.3 is 0 Å². The number of unbranched alkanes of at least 4 members (excludes halogenated alkanes) is 7. The standard InChI is InChI=1S/C15H30O3/c1-5-6-7-8-9-10-11-12-13-14-15(16-2,17-3)18-4/h5H,1,6-14H2,2-4H3. The molecule has 0 aromatic carbocycles. The molecule has 3 heteroatoms. The number of hydrogen-bond acceptors (Lipinski definition) is 3. The highest BCUT2D eigenvalue weighted by Gasteiger charge is 2.28. The van der Waals surface area contributed by atoms with Crippen LogP contribution in [0.15, 0.2) is 12.7 Å². The van der Waals surface area contributed by atoms with Gasteiger partial charge in [0, 0.05) is 27.8 Å². The van der Waals surface area contributed by atoms with Crippen LogP contribution < -0.4 is 0 Å². The van der Waals surface area contributed by atoms with Gasteiger partial charge < -0.3 is 14.2 Å². The van der Waals surface area contributed by atoms with E-state index in [1.807, 2.05) is 6.08 Å². The van der Waals surface area contributed by atoms with E-state index in [0.29, 0.717) is 0 Å². The Morgan fingerprint density at radius 3 is 1.67 bits per heavy atom. The SMILES string of the molecule is C=CCCCCCCCCCC(OC)(OC)OC. The molecule has 0 aliphatic carbocycles. The molecule has 0 aromatic rings. The molecular weight excluding hydrogens is 228 g/mol. The number of allylic oxidation sites excluding steroid dienone is 1. The molecule has 18 heavy (non-hydrogen) atoms. The highest BCUT2D eigenvalue weighted by atomic mass is 16.9. The fourth-order valence-electron chi connectivity index (χ4n) is 2.07. The molecule has 108 valence electrons. The van der Waals surface area contributed by atoms with Crippen molar-refractivity contribution in [1.29, 1.82) is 0 Å². The molecule has 3 nitrogen and oxygen atoms in total. The van der Waals surface area contributed by atoms with Gasteiger partial charge in [-0.15, -0.1) is 6.58 Å². The highest BCUT2D eigenvalue weighted by Crippen LogP contribution is 2.21. The summed E-state index contributed by atoms with van der Waals surface area (Å²) in [6.45, 7) is 3.73. The highest BCUT2D eigenvalue weighted by molar-refractivity contribution is 4.65. The fourth-order valence-corrected chi connectivity index (χ4v) is 2.07. The zero-order chi connectivity index (χ0) is 13.7. The summed E-state index contributed by atoms with van der Waals surface area (Å²) in [7, 11) is 4.85. The van der Waals surface area contributed by atoms with Crippen molar-refractivity contribution >= 4 is 0 Å². The average Bonchev–Trinajstić information content (AvgIpc) is 2.42. The van der Waals surface area contributed by atoms with Crippen molar-refractivity contribution in [3.8, 4) is 0 Å². The zero-order valence-electron chi connectivity index (χ0n) is 12.4. The minimum Gasteiger partial charge on any atom is -0.331 e. The second-order valence-electron chi connectivity index (χ2n) is 4.60. The van der Waals surface area contributed by atoms with E-state index >= 15 is 0 Å². The molecule has 0 saturated heterocycles. The van der Waals surface area contributed by atoms with Crippen molar-refractivity contribution in [2.75, 3.05) is 21.3 Å². The Balaban J connectivity index is 3.41. The predicted octanol–water partition coefficient (Wildman–Crippen LogP) is 4.28. The van der Waals surface area contributed by atoms with Gasteiger partial charge in [-0.25, -0.2) is 0 Å². The van der Waals surface area contributed by atoms with E-state index in [-0.39, 0.29) is 0 Å². The number of rotatable bonds is 13. The fraction of sp³-hybridized carbons (Fsp3) is 0.867. The molecule has 0 heterocycles. The molecule has 0 radical (unpaired) electrons. The predicted molar refractivity (Wildman–Crippen MR) is 75.5 cm³/mol. The normalized spacial score (nSPS) is 11.7. The summed E-state index contributed by atoms with van der Waals surface area (Å²) in [5, 5.41) is 0. The molecule has 0 spiro atoms.